The number of nitrogens with zero attached hydrogens (tertiary/aromatic N) is 4. The second-order valence-electron chi connectivity index (χ2n) is 8.07. The number of anilines is 1. The number of hydrogen-bond donors (Lipinski definition) is 2. The minimum atomic E-state index is -0.616. The lowest BCUT2D eigenvalue weighted by Gasteiger charge is -2.09. The molecular weight excluding hydrogens is 428 g/mol. The van der Waals surface area contributed by atoms with Crippen LogP contribution < -0.4 is 11.1 Å². The molecule has 0 aliphatic carbocycles. The van der Waals surface area contributed by atoms with Crippen LogP contribution in [0.15, 0.2) is 54.6 Å². The average Bonchev–Trinajstić information content (AvgIpc) is 3.11. The second-order valence-corrected chi connectivity index (χ2v) is 8.07. The molecule has 0 atom stereocenters. The predicted molar refractivity (Wildman–Crippen MR) is 129 cm³/mol. The number of rotatable bonds is 7. The molecule has 0 fully saturated rings. The van der Waals surface area contributed by atoms with Crippen LogP contribution in [0.5, 0.6) is 0 Å². The van der Waals surface area contributed by atoms with Crippen molar-refractivity contribution in [2.75, 3.05) is 5.32 Å². The minimum Gasteiger partial charge on any atom is -0.366 e. The van der Waals surface area contributed by atoms with E-state index in [1.54, 1.807) is 24.3 Å². The Balaban J connectivity index is 1.49. The number of nitrogens with two attached hydrogens (primary N) is 1. The summed E-state index contributed by atoms with van der Waals surface area (Å²) in [5, 5.41) is 17.0. The van der Waals surface area contributed by atoms with Crippen molar-refractivity contribution >= 4 is 28.4 Å². The molecule has 170 valence electrons. The summed E-state index contributed by atoms with van der Waals surface area (Å²) in [4.78, 5) is 29.4. The van der Waals surface area contributed by atoms with Crippen LogP contribution in [0.2, 0.25) is 0 Å². The van der Waals surface area contributed by atoms with E-state index in [9.17, 15) is 9.59 Å². The van der Waals surface area contributed by atoms with Gasteiger partial charge in [0, 0.05) is 11.9 Å². The third kappa shape index (κ3) is 4.64. The van der Waals surface area contributed by atoms with Crippen LogP contribution in [0.1, 0.15) is 49.8 Å². The maximum Gasteiger partial charge on any atom is 0.274 e. The number of para-hydroxylation sites is 1. The van der Waals surface area contributed by atoms with Gasteiger partial charge in [-0.15, -0.1) is 0 Å². The van der Waals surface area contributed by atoms with Gasteiger partial charge in [0.25, 0.3) is 5.91 Å². The lowest BCUT2D eigenvalue weighted by atomic mass is 10.1. The fraction of sp³-hybridized carbons (Fsp3) is 0.192. The van der Waals surface area contributed by atoms with E-state index in [-0.39, 0.29) is 11.3 Å². The van der Waals surface area contributed by atoms with Crippen molar-refractivity contribution in [1.29, 1.82) is 5.26 Å². The minimum absolute atomic E-state index is 0.111. The molecule has 0 aliphatic heterocycles. The largest absolute Gasteiger partial charge is 0.366 e. The molecule has 34 heavy (non-hydrogen) atoms. The Morgan fingerprint density at radius 3 is 2.56 bits per heavy atom. The number of hydrogen-bond acceptors (Lipinski definition) is 5. The summed E-state index contributed by atoms with van der Waals surface area (Å²) in [6.45, 7) is 4.42. The Labute approximate surface area is 197 Å². The number of nitriles is 1. The third-order valence-corrected chi connectivity index (χ3v) is 5.75. The van der Waals surface area contributed by atoms with Crippen molar-refractivity contribution in [3.8, 4) is 6.07 Å². The molecule has 0 radical (unpaired) electrons. The molecule has 0 saturated heterocycles. The van der Waals surface area contributed by atoms with E-state index in [2.05, 4.69) is 21.5 Å². The normalized spacial score (nSPS) is 10.7. The van der Waals surface area contributed by atoms with Gasteiger partial charge in [0.1, 0.15) is 5.69 Å². The van der Waals surface area contributed by atoms with E-state index in [0.717, 1.165) is 24.1 Å². The molecule has 4 rings (SSSR count). The summed E-state index contributed by atoms with van der Waals surface area (Å²) in [6, 6.07) is 18.2. The van der Waals surface area contributed by atoms with Crippen molar-refractivity contribution in [3.05, 3.63) is 88.4 Å². The van der Waals surface area contributed by atoms with Crippen molar-refractivity contribution in [1.82, 2.24) is 14.8 Å². The molecule has 2 aromatic heterocycles. The molecule has 3 N–H and O–H groups in total. The van der Waals surface area contributed by atoms with Gasteiger partial charge in [0.2, 0.25) is 5.91 Å². The quantitative estimate of drug-likeness (QED) is 0.440. The molecule has 2 heterocycles. The highest BCUT2D eigenvalue weighted by Gasteiger charge is 2.19. The number of pyridine rings is 1. The number of carbonyl (C=O) groups is 2. The topological polar surface area (TPSA) is 127 Å². The third-order valence-electron chi connectivity index (χ3n) is 5.75. The van der Waals surface area contributed by atoms with Crippen LogP contribution in [0.4, 0.5) is 5.69 Å². The Morgan fingerprint density at radius 2 is 1.85 bits per heavy atom. The summed E-state index contributed by atoms with van der Waals surface area (Å²) in [7, 11) is 0. The fourth-order valence-corrected chi connectivity index (χ4v) is 3.95. The first-order valence-corrected chi connectivity index (χ1v) is 10.9. The number of aromatic nitrogens is 3. The predicted octanol–water partition coefficient (Wildman–Crippen LogP) is 3.90. The summed E-state index contributed by atoms with van der Waals surface area (Å²) >= 11 is 0. The molecule has 2 aromatic carbocycles. The SMILES string of the molecule is Cc1nn(CCCc2ccc(C#N)cc2)c(C)c1NC(=O)c1cc(C(N)=O)c2ccccc2n1. The first kappa shape index (κ1) is 22.7. The first-order chi connectivity index (χ1) is 16.4. The zero-order chi connectivity index (χ0) is 24.2. The summed E-state index contributed by atoms with van der Waals surface area (Å²) in [6.07, 6.45) is 1.71. The van der Waals surface area contributed by atoms with Gasteiger partial charge in [-0.25, -0.2) is 4.98 Å². The van der Waals surface area contributed by atoms with E-state index in [1.165, 1.54) is 6.07 Å². The monoisotopic (exact) mass is 452 g/mol. The smallest absolute Gasteiger partial charge is 0.274 e. The highest BCUT2D eigenvalue weighted by molar-refractivity contribution is 6.10. The van der Waals surface area contributed by atoms with Crippen LogP contribution in [0, 0.1) is 25.2 Å². The van der Waals surface area contributed by atoms with E-state index in [4.69, 9.17) is 11.0 Å². The highest BCUT2D eigenvalue weighted by Crippen LogP contribution is 2.23. The van der Waals surface area contributed by atoms with Crippen LogP contribution in [0.3, 0.4) is 0 Å². The van der Waals surface area contributed by atoms with E-state index >= 15 is 0 Å². The average molecular weight is 453 g/mol. The highest BCUT2D eigenvalue weighted by atomic mass is 16.2. The number of benzene rings is 2. The zero-order valence-electron chi connectivity index (χ0n) is 19.0. The van der Waals surface area contributed by atoms with Crippen LogP contribution in [-0.2, 0) is 13.0 Å². The van der Waals surface area contributed by atoms with Crippen LogP contribution in [0.25, 0.3) is 10.9 Å². The lowest BCUT2D eigenvalue weighted by molar-refractivity contribution is 0.100. The van der Waals surface area contributed by atoms with Crippen molar-refractivity contribution < 1.29 is 9.59 Å². The number of carbonyl (C=O) groups excluding carboxylic acids is 2. The fourth-order valence-electron chi connectivity index (χ4n) is 3.95. The summed E-state index contributed by atoms with van der Waals surface area (Å²) in [5.41, 5.74) is 10.4. The van der Waals surface area contributed by atoms with Gasteiger partial charge < -0.3 is 11.1 Å². The lowest BCUT2D eigenvalue weighted by Crippen LogP contribution is -2.18. The zero-order valence-corrected chi connectivity index (χ0v) is 19.0. The summed E-state index contributed by atoms with van der Waals surface area (Å²) in [5.74, 6) is -1.05. The molecule has 4 aromatic rings. The Hall–Kier alpha value is -4.51. The second kappa shape index (κ2) is 9.55. The van der Waals surface area contributed by atoms with Crippen molar-refractivity contribution in [2.45, 2.75) is 33.2 Å². The number of primary amides is 1. The Bertz CT molecular complexity index is 1430. The van der Waals surface area contributed by atoms with E-state index in [0.29, 0.717) is 34.4 Å². The van der Waals surface area contributed by atoms with Crippen molar-refractivity contribution in [3.63, 3.8) is 0 Å². The van der Waals surface area contributed by atoms with Gasteiger partial charge in [-0.05, 0) is 56.5 Å². The maximum absolute atomic E-state index is 13.0. The molecule has 0 bridgehead atoms. The van der Waals surface area contributed by atoms with Crippen LogP contribution in [-0.4, -0.2) is 26.6 Å². The maximum atomic E-state index is 13.0. The molecule has 0 spiro atoms. The van der Waals surface area contributed by atoms with Gasteiger partial charge in [0.15, 0.2) is 0 Å². The molecule has 0 unspecified atom stereocenters. The van der Waals surface area contributed by atoms with E-state index < -0.39 is 11.8 Å². The van der Waals surface area contributed by atoms with E-state index in [1.807, 2.05) is 42.8 Å². The van der Waals surface area contributed by atoms with Gasteiger partial charge in [0.05, 0.1) is 39.8 Å². The molecule has 8 nitrogen and oxygen atoms in total. The number of amides is 2. The number of fused-ring (bicyclic) bond motifs is 1. The molecule has 2 amide bonds. The van der Waals surface area contributed by atoms with Gasteiger partial charge in [-0.2, -0.15) is 10.4 Å². The summed E-state index contributed by atoms with van der Waals surface area (Å²) < 4.78 is 1.87. The first-order valence-electron chi connectivity index (χ1n) is 10.9. The molecule has 8 heteroatoms. The Kier molecular flexibility index (Phi) is 6.37. The van der Waals surface area contributed by atoms with Gasteiger partial charge in [-0.1, -0.05) is 30.3 Å². The molecule has 0 saturated carbocycles. The van der Waals surface area contributed by atoms with Crippen LogP contribution >= 0.6 is 0 Å². The van der Waals surface area contributed by atoms with Gasteiger partial charge >= 0.3 is 0 Å². The molecule has 0 aliphatic rings. The number of nitrogens with one attached hydrogen (secondary N) is 1. The standard InChI is InChI=1S/C26H24N6O2/c1-16-24(17(2)32(31-16)13-5-6-18-9-11-19(15-27)12-10-18)30-26(34)23-14-21(25(28)33)20-7-3-4-8-22(20)29-23/h3-4,7-12,14H,5-6,13H2,1-2H3,(H2,28,33)(H,30,34). The van der Waals surface area contributed by atoms with Gasteiger partial charge in [-0.3, -0.25) is 14.3 Å². The Morgan fingerprint density at radius 1 is 1.12 bits per heavy atom. The number of aryl methyl sites for hydroxylation is 3. The molecular formula is C26H24N6O2. The van der Waals surface area contributed by atoms with Crippen molar-refractivity contribution in [2.24, 2.45) is 5.73 Å².